The molecule has 4 rings (SSSR count). The third kappa shape index (κ3) is 5.02. The zero-order valence-corrected chi connectivity index (χ0v) is 19.5. The average molecular weight is 477 g/mol. The van der Waals surface area contributed by atoms with Crippen molar-refractivity contribution < 1.29 is 24.2 Å². The summed E-state index contributed by atoms with van der Waals surface area (Å²) in [7, 11) is 0. The van der Waals surface area contributed by atoms with Gasteiger partial charge in [-0.3, -0.25) is 14.2 Å². The smallest absolute Gasteiger partial charge is 0.308 e. The molecule has 1 heterocycles. The molecule has 0 aliphatic rings. The summed E-state index contributed by atoms with van der Waals surface area (Å²) in [6.45, 7) is 3.41. The molecule has 0 unspecified atom stereocenters. The van der Waals surface area contributed by atoms with Crippen LogP contribution in [-0.4, -0.2) is 28.5 Å². The number of carbonyl (C=O) groups excluding carboxylic acids is 2. The van der Waals surface area contributed by atoms with Gasteiger partial charge in [-0.15, -0.1) is 0 Å². The van der Waals surface area contributed by atoms with Crippen molar-refractivity contribution in [2.24, 2.45) is 0 Å². The monoisotopic (exact) mass is 476 g/mol. The van der Waals surface area contributed by atoms with Crippen LogP contribution in [0.5, 0.6) is 11.5 Å². The molecular weight excluding hydrogens is 454 g/mol. The fraction of sp³-hybridized carbons (Fsp3) is 0.192. The van der Waals surface area contributed by atoms with Gasteiger partial charge in [-0.1, -0.05) is 41.7 Å². The van der Waals surface area contributed by atoms with Crippen molar-refractivity contribution in [3.63, 3.8) is 0 Å². The SMILES string of the molecule is CC(C)(Oc1ccc(OCCn2c(=O)sc3cc(C(=O)c4ccccc4)ccc32)cc1)C(=O)[O-]. The molecule has 0 aliphatic carbocycles. The zero-order chi connectivity index (χ0) is 24.3. The Labute approximate surface area is 199 Å². The quantitative estimate of drug-likeness (QED) is 0.344. The second-order valence-corrected chi connectivity index (χ2v) is 9.11. The van der Waals surface area contributed by atoms with Gasteiger partial charge in [0.05, 0.1) is 22.7 Å². The largest absolute Gasteiger partial charge is 0.546 e. The lowest BCUT2D eigenvalue weighted by molar-refractivity contribution is -0.320. The summed E-state index contributed by atoms with van der Waals surface area (Å²) in [5.74, 6) is -0.462. The second-order valence-electron chi connectivity index (χ2n) is 8.12. The minimum atomic E-state index is -1.45. The highest BCUT2D eigenvalue weighted by atomic mass is 32.1. The second kappa shape index (κ2) is 9.52. The lowest BCUT2D eigenvalue weighted by atomic mass is 10.0. The van der Waals surface area contributed by atoms with Crippen LogP contribution in [0.4, 0.5) is 0 Å². The Hall–Kier alpha value is -3.91. The summed E-state index contributed by atoms with van der Waals surface area (Å²) in [5.41, 5.74) is 0.431. The number of fused-ring (bicyclic) bond motifs is 1. The van der Waals surface area contributed by atoms with Gasteiger partial charge in [0.1, 0.15) is 23.7 Å². The number of benzene rings is 3. The van der Waals surface area contributed by atoms with Gasteiger partial charge >= 0.3 is 4.87 Å². The number of rotatable bonds is 9. The summed E-state index contributed by atoms with van der Waals surface area (Å²) in [4.78, 5) is 36.2. The molecule has 0 amide bonds. The number of hydrogen-bond donors (Lipinski definition) is 0. The van der Waals surface area contributed by atoms with Gasteiger partial charge in [-0.2, -0.15) is 0 Å². The zero-order valence-electron chi connectivity index (χ0n) is 18.6. The van der Waals surface area contributed by atoms with Gasteiger partial charge in [-0.05, 0) is 56.3 Å². The van der Waals surface area contributed by atoms with Gasteiger partial charge in [0.25, 0.3) is 0 Å². The van der Waals surface area contributed by atoms with E-state index in [1.54, 1.807) is 59.2 Å². The van der Waals surface area contributed by atoms with Crippen LogP contribution < -0.4 is 19.5 Å². The predicted octanol–water partition coefficient (Wildman–Crippen LogP) is 3.28. The Bertz CT molecular complexity index is 1390. The number of aromatic nitrogens is 1. The van der Waals surface area contributed by atoms with E-state index in [-0.39, 0.29) is 17.3 Å². The molecule has 7 nitrogen and oxygen atoms in total. The van der Waals surface area contributed by atoms with Crippen LogP contribution in [0.3, 0.4) is 0 Å². The maximum absolute atomic E-state index is 12.7. The van der Waals surface area contributed by atoms with Crippen LogP contribution in [0, 0.1) is 0 Å². The molecule has 0 atom stereocenters. The fourth-order valence-electron chi connectivity index (χ4n) is 3.37. The van der Waals surface area contributed by atoms with Crippen molar-refractivity contribution in [2.75, 3.05) is 6.61 Å². The normalized spacial score (nSPS) is 11.4. The van der Waals surface area contributed by atoms with Crippen LogP contribution in [0.1, 0.15) is 29.8 Å². The Morgan fingerprint density at radius 2 is 1.62 bits per heavy atom. The Morgan fingerprint density at radius 1 is 0.941 bits per heavy atom. The van der Waals surface area contributed by atoms with Gasteiger partial charge < -0.3 is 19.4 Å². The topological polar surface area (TPSA) is 97.7 Å². The van der Waals surface area contributed by atoms with E-state index in [1.165, 1.54) is 13.8 Å². The summed E-state index contributed by atoms with van der Waals surface area (Å²) in [5, 5.41) is 11.1. The van der Waals surface area contributed by atoms with Gasteiger partial charge in [0.15, 0.2) is 5.78 Å². The van der Waals surface area contributed by atoms with Crippen molar-refractivity contribution in [2.45, 2.75) is 26.0 Å². The maximum atomic E-state index is 12.7. The Balaban J connectivity index is 1.42. The number of carboxylic acids is 1. The molecule has 34 heavy (non-hydrogen) atoms. The summed E-state index contributed by atoms with van der Waals surface area (Å²) >= 11 is 1.09. The molecule has 3 aromatic carbocycles. The first kappa shape index (κ1) is 23.3. The van der Waals surface area contributed by atoms with E-state index < -0.39 is 11.6 Å². The standard InChI is InChI=1S/C26H23NO6S/c1-26(2,24(29)30)33-20-11-9-19(10-12-20)32-15-14-27-21-13-8-18(16-22(21)34-25(27)31)23(28)17-6-4-3-5-7-17/h3-13,16H,14-15H2,1-2H3,(H,29,30)/p-1. The van der Waals surface area contributed by atoms with E-state index in [0.717, 1.165) is 21.6 Å². The van der Waals surface area contributed by atoms with E-state index in [0.29, 0.717) is 29.2 Å². The number of hydrogen-bond acceptors (Lipinski definition) is 7. The number of ketones is 1. The first-order valence-electron chi connectivity index (χ1n) is 10.6. The minimum Gasteiger partial charge on any atom is -0.546 e. The fourth-order valence-corrected chi connectivity index (χ4v) is 4.33. The first-order chi connectivity index (χ1) is 16.2. The van der Waals surface area contributed by atoms with Gasteiger partial charge in [0.2, 0.25) is 0 Å². The maximum Gasteiger partial charge on any atom is 0.308 e. The van der Waals surface area contributed by atoms with Crippen LogP contribution in [0.15, 0.2) is 77.6 Å². The molecule has 0 fully saturated rings. The number of ether oxygens (including phenoxy) is 2. The Kier molecular flexibility index (Phi) is 6.51. The molecule has 0 saturated heterocycles. The molecule has 0 aliphatic heterocycles. The number of carbonyl (C=O) groups is 2. The van der Waals surface area contributed by atoms with Gasteiger partial charge in [-0.25, -0.2) is 0 Å². The van der Waals surface area contributed by atoms with E-state index in [4.69, 9.17) is 9.47 Å². The van der Waals surface area contributed by atoms with E-state index in [2.05, 4.69) is 0 Å². The van der Waals surface area contributed by atoms with Crippen molar-refractivity contribution in [3.8, 4) is 11.5 Å². The highest BCUT2D eigenvalue weighted by molar-refractivity contribution is 7.16. The minimum absolute atomic E-state index is 0.0892. The van der Waals surface area contributed by atoms with Crippen LogP contribution >= 0.6 is 11.3 Å². The molecule has 0 radical (unpaired) electrons. The van der Waals surface area contributed by atoms with E-state index >= 15 is 0 Å². The molecule has 4 aromatic rings. The molecule has 0 spiro atoms. The third-order valence-electron chi connectivity index (χ3n) is 5.24. The molecule has 8 heteroatoms. The highest BCUT2D eigenvalue weighted by Crippen LogP contribution is 2.23. The van der Waals surface area contributed by atoms with Crippen molar-refractivity contribution in [1.82, 2.24) is 4.57 Å². The number of nitrogens with zero attached hydrogens (tertiary/aromatic N) is 1. The van der Waals surface area contributed by atoms with E-state index in [1.807, 2.05) is 18.2 Å². The van der Waals surface area contributed by atoms with Crippen molar-refractivity contribution in [3.05, 3.63) is 93.6 Å². The third-order valence-corrected chi connectivity index (χ3v) is 6.18. The molecule has 1 aromatic heterocycles. The number of carboxylic acid groups (broad SMARTS) is 1. The average Bonchev–Trinajstić information content (AvgIpc) is 3.14. The summed E-state index contributed by atoms with van der Waals surface area (Å²) in [6, 6.07) is 20.8. The molecule has 0 N–H and O–H groups in total. The van der Waals surface area contributed by atoms with E-state index in [9.17, 15) is 19.5 Å². The summed E-state index contributed by atoms with van der Waals surface area (Å²) in [6.07, 6.45) is 0. The van der Waals surface area contributed by atoms with Crippen molar-refractivity contribution >= 4 is 33.3 Å². The van der Waals surface area contributed by atoms with Crippen LogP contribution in [-0.2, 0) is 11.3 Å². The molecule has 0 saturated carbocycles. The first-order valence-corrected chi connectivity index (χ1v) is 11.4. The molecular formula is C26H22NO6S-. The lowest BCUT2D eigenvalue weighted by Crippen LogP contribution is -2.47. The molecule has 0 bridgehead atoms. The molecule has 174 valence electrons. The van der Waals surface area contributed by atoms with Crippen molar-refractivity contribution in [1.29, 1.82) is 0 Å². The Morgan fingerprint density at radius 3 is 2.29 bits per heavy atom. The van der Waals surface area contributed by atoms with Crippen LogP contribution in [0.25, 0.3) is 10.2 Å². The predicted molar refractivity (Wildman–Crippen MR) is 128 cm³/mol. The number of thiazole rings is 1. The van der Waals surface area contributed by atoms with Gasteiger partial charge in [0, 0.05) is 11.1 Å². The lowest BCUT2D eigenvalue weighted by Gasteiger charge is -2.27. The van der Waals surface area contributed by atoms with Crippen LogP contribution in [0.2, 0.25) is 0 Å². The summed E-state index contributed by atoms with van der Waals surface area (Å²) < 4.78 is 13.5. The highest BCUT2D eigenvalue weighted by Gasteiger charge is 2.21. The number of aliphatic carboxylic acids is 1.